The Hall–Kier alpha value is -2.14. The van der Waals surface area contributed by atoms with E-state index in [2.05, 4.69) is 0 Å². The molecule has 0 unspecified atom stereocenters. The Kier molecular flexibility index (Phi) is 6.15. The summed E-state index contributed by atoms with van der Waals surface area (Å²) in [5.74, 6) is -2.38. The summed E-state index contributed by atoms with van der Waals surface area (Å²) in [6, 6.07) is 10.0. The monoisotopic (exact) mass is 331 g/mol. The zero-order chi connectivity index (χ0) is 17.7. The van der Waals surface area contributed by atoms with E-state index < -0.39 is 18.0 Å². The topological polar surface area (TPSA) is 77.8 Å². The maximum Gasteiger partial charge on any atom is 0.333 e. The predicted octanol–water partition coefficient (Wildman–Crippen LogP) is 2.41. The second-order valence-electron chi connectivity index (χ2n) is 6.65. The molecule has 0 saturated carbocycles. The van der Waals surface area contributed by atoms with Gasteiger partial charge in [0.1, 0.15) is 0 Å². The molecule has 0 bridgehead atoms. The molecule has 0 aliphatic carbocycles. The number of benzene rings is 1. The number of aliphatic hydroxyl groups excluding tert-OH is 1. The quantitative estimate of drug-likeness (QED) is 0.839. The Morgan fingerprint density at radius 1 is 1.21 bits per heavy atom. The number of nitrogens with zero attached hydrogens (tertiary/aromatic N) is 1. The van der Waals surface area contributed by atoms with E-state index in [0.717, 1.165) is 12.0 Å². The third-order valence-corrected chi connectivity index (χ3v) is 4.34. The third kappa shape index (κ3) is 4.45. The lowest BCUT2D eigenvalue weighted by Gasteiger charge is -2.31. The lowest BCUT2D eigenvalue weighted by atomic mass is 9.90. The Balaban J connectivity index is 2.09. The van der Waals surface area contributed by atoms with Gasteiger partial charge in [0.2, 0.25) is 5.91 Å². The number of hydrogen-bond donors (Lipinski definition) is 2. The van der Waals surface area contributed by atoms with E-state index in [4.69, 9.17) is 5.11 Å². The molecule has 5 nitrogen and oxygen atoms in total. The second kappa shape index (κ2) is 8.11. The van der Waals surface area contributed by atoms with Gasteiger partial charge in [-0.05, 0) is 29.9 Å². The van der Waals surface area contributed by atoms with Crippen molar-refractivity contribution in [1.29, 1.82) is 0 Å². The molecule has 24 heavy (non-hydrogen) atoms. The van der Waals surface area contributed by atoms with Crippen LogP contribution in [-0.4, -0.2) is 46.2 Å². The molecular weight excluding hydrogens is 306 g/mol. The van der Waals surface area contributed by atoms with Gasteiger partial charge in [-0.3, -0.25) is 4.79 Å². The zero-order valence-corrected chi connectivity index (χ0v) is 14.2. The molecule has 0 fully saturated rings. The number of amides is 1. The van der Waals surface area contributed by atoms with Gasteiger partial charge in [-0.25, -0.2) is 4.79 Å². The standard InChI is InChI=1S/C19H25NO4/c1-13(2)12-16(17(21)19(23)24)18(22)20-10-8-15(9-11-20)14-6-4-3-5-7-14/h3-8,13,16-17,21H,9-12H2,1-2H3,(H,23,24)/t16-,17+/m0/s1. The van der Waals surface area contributed by atoms with Crippen molar-refractivity contribution in [3.05, 3.63) is 42.0 Å². The van der Waals surface area contributed by atoms with Crippen LogP contribution in [0.2, 0.25) is 0 Å². The minimum Gasteiger partial charge on any atom is -0.479 e. The largest absolute Gasteiger partial charge is 0.479 e. The number of aliphatic hydroxyl groups is 1. The summed E-state index contributed by atoms with van der Waals surface area (Å²) in [6.45, 7) is 4.82. The van der Waals surface area contributed by atoms with Gasteiger partial charge in [-0.1, -0.05) is 50.3 Å². The summed E-state index contributed by atoms with van der Waals surface area (Å²) in [5.41, 5.74) is 2.34. The van der Waals surface area contributed by atoms with Crippen molar-refractivity contribution < 1.29 is 19.8 Å². The molecular formula is C19H25NO4. The van der Waals surface area contributed by atoms with Crippen LogP contribution in [0.4, 0.5) is 0 Å². The molecule has 0 aromatic heterocycles. The van der Waals surface area contributed by atoms with Gasteiger partial charge in [0, 0.05) is 13.1 Å². The summed E-state index contributed by atoms with van der Waals surface area (Å²) < 4.78 is 0. The lowest BCUT2D eigenvalue weighted by molar-refractivity contribution is -0.157. The Bertz CT molecular complexity index is 609. The predicted molar refractivity (Wildman–Crippen MR) is 92.2 cm³/mol. The highest BCUT2D eigenvalue weighted by Gasteiger charge is 2.35. The number of carboxylic acid groups (broad SMARTS) is 1. The van der Waals surface area contributed by atoms with Crippen LogP contribution in [0.5, 0.6) is 0 Å². The van der Waals surface area contributed by atoms with Crippen molar-refractivity contribution in [1.82, 2.24) is 4.90 Å². The van der Waals surface area contributed by atoms with E-state index in [9.17, 15) is 14.7 Å². The van der Waals surface area contributed by atoms with Crippen LogP contribution in [0.15, 0.2) is 36.4 Å². The fourth-order valence-corrected chi connectivity index (χ4v) is 3.06. The zero-order valence-electron chi connectivity index (χ0n) is 14.2. The lowest BCUT2D eigenvalue weighted by Crippen LogP contribution is -2.45. The maximum absolute atomic E-state index is 12.7. The van der Waals surface area contributed by atoms with E-state index in [1.165, 1.54) is 5.57 Å². The summed E-state index contributed by atoms with van der Waals surface area (Å²) >= 11 is 0. The summed E-state index contributed by atoms with van der Waals surface area (Å²) in [7, 11) is 0. The molecule has 130 valence electrons. The van der Waals surface area contributed by atoms with Crippen molar-refractivity contribution >= 4 is 17.4 Å². The molecule has 0 radical (unpaired) electrons. The fourth-order valence-electron chi connectivity index (χ4n) is 3.06. The number of carbonyl (C=O) groups excluding carboxylic acids is 1. The highest BCUT2D eigenvalue weighted by molar-refractivity contribution is 5.86. The second-order valence-corrected chi connectivity index (χ2v) is 6.65. The SMILES string of the molecule is CC(C)C[C@H](C(=O)N1CC=C(c2ccccc2)CC1)[C@@H](O)C(=O)O. The minimum atomic E-state index is -1.65. The number of carboxylic acids is 1. The highest BCUT2D eigenvalue weighted by atomic mass is 16.4. The van der Waals surface area contributed by atoms with Crippen molar-refractivity contribution in [2.45, 2.75) is 32.8 Å². The molecule has 2 N–H and O–H groups in total. The Labute approximate surface area is 142 Å². The molecule has 0 spiro atoms. The van der Waals surface area contributed by atoms with Gasteiger partial charge in [0.25, 0.3) is 0 Å². The van der Waals surface area contributed by atoms with Gasteiger partial charge < -0.3 is 15.1 Å². The van der Waals surface area contributed by atoms with Crippen molar-refractivity contribution in [3.63, 3.8) is 0 Å². The van der Waals surface area contributed by atoms with Crippen molar-refractivity contribution in [3.8, 4) is 0 Å². The average molecular weight is 331 g/mol. The number of aliphatic carboxylic acids is 1. The third-order valence-electron chi connectivity index (χ3n) is 4.34. The van der Waals surface area contributed by atoms with Gasteiger partial charge in [-0.15, -0.1) is 0 Å². The first-order chi connectivity index (χ1) is 11.4. The molecule has 0 saturated heterocycles. The highest BCUT2D eigenvalue weighted by Crippen LogP contribution is 2.25. The van der Waals surface area contributed by atoms with Crippen LogP contribution in [0.3, 0.4) is 0 Å². The molecule has 1 aliphatic heterocycles. The Morgan fingerprint density at radius 3 is 2.38 bits per heavy atom. The van der Waals surface area contributed by atoms with E-state index in [-0.39, 0.29) is 11.8 Å². The first kappa shape index (κ1) is 18.2. The van der Waals surface area contributed by atoms with E-state index in [1.54, 1.807) is 4.90 Å². The van der Waals surface area contributed by atoms with Crippen LogP contribution < -0.4 is 0 Å². The molecule has 2 rings (SSSR count). The van der Waals surface area contributed by atoms with Gasteiger partial charge in [-0.2, -0.15) is 0 Å². The van der Waals surface area contributed by atoms with Crippen LogP contribution in [-0.2, 0) is 9.59 Å². The molecule has 1 aromatic carbocycles. The first-order valence-electron chi connectivity index (χ1n) is 8.34. The molecule has 5 heteroatoms. The van der Waals surface area contributed by atoms with E-state index >= 15 is 0 Å². The van der Waals surface area contributed by atoms with Crippen molar-refractivity contribution in [2.75, 3.05) is 13.1 Å². The van der Waals surface area contributed by atoms with Crippen LogP contribution in [0.1, 0.15) is 32.3 Å². The average Bonchev–Trinajstić information content (AvgIpc) is 2.59. The maximum atomic E-state index is 12.7. The summed E-state index contributed by atoms with van der Waals surface area (Å²) in [4.78, 5) is 25.5. The number of rotatable bonds is 6. The minimum absolute atomic E-state index is 0.133. The molecule has 1 aromatic rings. The fraction of sp³-hybridized carbons (Fsp3) is 0.474. The van der Waals surface area contributed by atoms with Gasteiger partial charge >= 0.3 is 5.97 Å². The molecule has 1 heterocycles. The molecule has 1 aliphatic rings. The number of carbonyl (C=O) groups is 2. The Morgan fingerprint density at radius 2 is 1.88 bits per heavy atom. The van der Waals surface area contributed by atoms with Gasteiger partial charge in [0.15, 0.2) is 6.10 Å². The first-order valence-corrected chi connectivity index (χ1v) is 8.34. The van der Waals surface area contributed by atoms with Crippen LogP contribution in [0.25, 0.3) is 5.57 Å². The van der Waals surface area contributed by atoms with E-state index in [0.29, 0.717) is 19.5 Å². The van der Waals surface area contributed by atoms with Crippen LogP contribution in [0, 0.1) is 11.8 Å². The summed E-state index contributed by atoms with van der Waals surface area (Å²) in [5, 5.41) is 19.0. The molecule has 2 atom stereocenters. The summed E-state index contributed by atoms with van der Waals surface area (Å²) in [6.07, 6.45) is 1.45. The van der Waals surface area contributed by atoms with Gasteiger partial charge in [0.05, 0.1) is 5.92 Å². The smallest absolute Gasteiger partial charge is 0.333 e. The molecule has 1 amide bonds. The van der Waals surface area contributed by atoms with Crippen LogP contribution >= 0.6 is 0 Å². The normalized spacial score (nSPS) is 17.3. The number of hydrogen-bond acceptors (Lipinski definition) is 3. The van der Waals surface area contributed by atoms with E-state index in [1.807, 2.05) is 50.3 Å². The van der Waals surface area contributed by atoms with Crippen molar-refractivity contribution in [2.24, 2.45) is 11.8 Å².